The molecule has 0 aliphatic heterocycles. The first-order chi connectivity index (χ1) is 8.61. The fraction of sp³-hybridized carbons (Fsp3) is 0.600. The van der Waals surface area contributed by atoms with E-state index in [-0.39, 0.29) is 6.04 Å². The summed E-state index contributed by atoms with van der Waals surface area (Å²) in [6, 6.07) is 6.04. The van der Waals surface area contributed by atoms with Crippen molar-refractivity contribution in [3.05, 3.63) is 33.3 Å². The van der Waals surface area contributed by atoms with Gasteiger partial charge in [0.2, 0.25) is 0 Å². The number of benzene rings is 1. The molecule has 100 valence electrons. The van der Waals surface area contributed by atoms with Crippen molar-refractivity contribution in [2.24, 2.45) is 17.6 Å². The normalized spacial score (nSPS) is 26.0. The summed E-state index contributed by atoms with van der Waals surface area (Å²) in [6.07, 6.45) is 6.42. The molecule has 1 saturated carbocycles. The molecule has 0 amide bonds. The van der Waals surface area contributed by atoms with Gasteiger partial charge in [-0.15, -0.1) is 0 Å². The van der Waals surface area contributed by atoms with Crippen molar-refractivity contribution in [2.75, 3.05) is 0 Å². The monoisotopic (exact) mass is 329 g/mol. The van der Waals surface area contributed by atoms with E-state index in [9.17, 15) is 0 Å². The smallest absolute Gasteiger partial charge is 0.0454 e. The highest BCUT2D eigenvalue weighted by atomic mass is 79.9. The molecule has 0 radical (unpaired) electrons. The third-order valence-electron chi connectivity index (χ3n) is 4.29. The summed E-state index contributed by atoms with van der Waals surface area (Å²) in [5.74, 6) is 1.49. The highest BCUT2D eigenvalue weighted by molar-refractivity contribution is 9.10. The van der Waals surface area contributed by atoms with E-state index in [2.05, 4.69) is 28.9 Å². The predicted octanol–water partition coefficient (Wildman–Crippen LogP) is 5.32. The number of halogens is 2. The maximum absolute atomic E-state index is 6.42. The van der Waals surface area contributed by atoms with E-state index in [1.165, 1.54) is 32.1 Å². The van der Waals surface area contributed by atoms with E-state index >= 15 is 0 Å². The summed E-state index contributed by atoms with van der Waals surface area (Å²) in [7, 11) is 0. The first-order valence-corrected chi connectivity index (χ1v) is 7.99. The fourth-order valence-corrected chi connectivity index (χ4v) is 3.60. The van der Waals surface area contributed by atoms with Crippen LogP contribution in [0.5, 0.6) is 0 Å². The second kappa shape index (κ2) is 6.40. The van der Waals surface area contributed by atoms with Crippen LogP contribution in [0.15, 0.2) is 22.7 Å². The minimum Gasteiger partial charge on any atom is -0.324 e. The lowest BCUT2D eigenvalue weighted by molar-refractivity contribution is 0.240. The summed E-state index contributed by atoms with van der Waals surface area (Å²) in [5.41, 5.74) is 7.51. The predicted molar refractivity (Wildman–Crippen MR) is 81.8 cm³/mol. The van der Waals surface area contributed by atoms with Gasteiger partial charge in [-0.3, -0.25) is 0 Å². The zero-order valence-electron chi connectivity index (χ0n) is 10.8. The number of hydrogen-bond acceptors (Lipinski definition) is 1. The molecular formula is C15H21BrClN. The Morgan fingerprint density at radius 2 is 2.00 bits per heavy atom. The molecule has 3 heteroatoms. The van der Waals surface area contributed by atoms with Crippen molar-refractivity contribution in [1.29, 1.82) is 0 Å². The molecule has 18 heavy (non-hydrogen) atoms. The highest BCUT2D eigenvalue weighted by Crippen LogP contribution is 2.39. The van der Waals surface area contributed by atoms with Gasteiger partial charge in [-0.2, -0.15) is 0 Å². The van der Waals surface area contributed by atoms with E-state index < -0.39 is 0 Å². The molecule has 1 unspecified atom stereocenters. The Morgan fingerprint density at radius 1 is 1.33 bits per heavy atom. The number of nitrogens with two attached hydrogens (primary N) is 1. The van der Waals surface area contributed by atoms with Gasteiger partial charge in [-0.1, -0.05) is 53.7 Å². The molecule has 1 aromatic rings. The Balaban J connectivity index is 2.07. The molecule has 0 saturated heterocycles. The van der Waals surface area contributed by atoms with Gasteiger partial charge in [0.05, 0.1) is 0 Å². The average molecular weight is 331 g/mol. The third kappa shape index (κ3) is 3.28. The standard InChI is InChI=1S/C15H21BrClN/c1-2-10-3-5-11(6-4-10)15(18)13-9-12(16)7-8-14(13)17/h7-11,15H,2-6,18H2,1H3. The van der Waals surface area contributed by atoms with Crippen molar-refractivity contribution in [3.63, 3.8) is 0 Å². The second-order valence-corrected chi connectivity index (χ2v) is 6.70. The quantitative estimate of drug-likeness (QED) is 0.797. The maximum Gasteiger partial charge on any atom is 0.0454 e. The SMILES string of the molecule is CCC1CCC(C(N)c2cc(Br)ccc2Cl)CC1. The van der Waals surface area contributed by atoms with Gasteiger partial charge in [0, 0.05) is 15.5 Å². The van der Waals surface area contributed by atoms with E-state index in [0.29, 0.717) is 5.92 Å². The number of hydrogen-bond donors (Lipinski definition) is 1. The van der Waals surface area contributed by atoms with Gasteiger partial charge in [0.1, 0.15) is 0 Å². The first kappa shape index (κ1) is 14.4. The summed E-state index contributed by atoms with van der Waals surface area (Å²) in [4.78, 5) is 0. The lowest BCUT2D eigenvalue weighted by atomic mass is 9.76. The molecule has 1 nitrogen and oxygen atoms in total. The van der Waals surface area contributed by atoms with Crippen molar-refractivity contribution < 1.29 is 0 Å². The van der Waals surface area contributed by atoms with Gasteiger partial charge in [0.25, 0.3) is 0 Å². The highest BCUT2D eigenvalue weighted by Gasteiger charge is 2.26. The summed E-state index contributed by atoms with van der Waals surface area (Å²) in [6.45, 7) is 2.29. The van der Waals surface area contributed by atoms with Crippen molar-refractivity contribution in [3.8, 4) is 0 Å². The van der Waals surface area contributed by atoms with Crippen LogP contribution in [0.1, 0.15) is 50.6 Å². The molecule has 1 atom stereocenters. The molecule has 1 aromatic carbocycles. The van der Waals surface area contributed by atoms with E-state index in [4.69, 9.17) is 17.3 Å². The van der Waals surface area contributed by atoms with Crippen LogP contribution in [0.2, 0.25) is 5.02 Å². The molecule has 1 aliphatic rings. The van der Waals surface area contributed by atoms with Crippen LogP contribution in [-0.4, -0.2) is 0 Å². The average Bonchev–Trinajstić information content (AvgIpc) is 2.41. The van der Waals surface area contributed by atoms with Crippen LogP contribution in [0, 0.1) is 11.8 Å². The van der Waals surface area contributed by atoms with E-state index in [1.54, 1.807) is 0 Å². The zero-order chi connectivity index (χ0) is 13.1. The molecular weight excluding hydrogens is 310 g/mol. The van der Waals surface area contributed by atoms with Crippen LogP contribution < -0.4 is 5.73 Å². The fourth-order valence-electron chi connectivity index (χ4n) is 2.98. The lowest BCUT2D eigenvalue weighted by Crippen LogP contribution is -2.26. The van der Waals surface area contributed by atoms with Crippen LogP contribution >= 0.6 is 27.5 Å². The number of rotatable bonds is 3. The summed E-state index contributed by atoms with van der Waals surface area (Å²) >= 11 is 9.76. The Labute approximate surface area is 123 Å². The summed E-state index contributed by atoms with van der Waals surface area (Å²) in [5, 5.41) is 0.795. The van der Waals surface area contributed by atoms with E-state index in [0.717, 1.165) is 21.0 Å². The first-order valence-electron chi connectivity index (χ1n) is 6.82. The molecule has 0 bridgehead atoms. The van der Waals surface area contributed by atoms with Gasteiger partial charge >= 0.3 is 0 Å². The molecule has 0 heterocycles. The summed E-state index contributed by atoms with van der Waals surface area (Å²) < 4.78 is 1.06. The van der Waals surface area contributed by atoms with Crippen LogP contribution in [0.3, 0.4) is 0 Å². The zero-order valence-corrected chi connectivity index (χ0v) is 13.2. The lowest BCUT2D eigenvalue weighted by Gasteiger charge is -2.32. The van der Waals surface area contributed by atoms with E-state index in [1.807, 2.05) is 12.1 Å². The van der Waals surface area contributed by atoms with Crippen LogP contribution in [0.4, 0.5) is 0 Å². The maximum atomic E-state index is 6.42. The molecule has 1 fully saturated rings. The van der Waals surface area contributed by atoms with Crippen molar-refractivity contribution >= 4 is 27.5 Å². The molecule has 2 rings (SSSR count). The Kier molecular flexibility index (Phi) is 5.11. The molecule has 1 aliphatic carbocycles. The van der Waals surface area contributed by atoms with Gasteiger partial charge in [-0.25, -0.2) is 0 Å². The Hall–Kier alpha value is -0.0500. The van der Waals surface area contributed by atoms with Crippen molar-refractivity contribution in [1.82, 2.24) is 0 Å². The molecule has 0 aromatic heterocycles. The van der Waals surface area contributed by atoms with Crippen molar-refractivity contribution in [2.45, 2.75) is 45.1 Å². The molecule has 2 N–H and O–H groups in total. The largest absolute Gasteiger partial charge is 0.324 e. The topological polar surface area (TPSA) is 26.0 Å². The van der Waals surface area contributed by atoms with Gasteiger partial charge in [-0.05, 0) is 48.4 Å². The van der Waals surface area contributed by atoms with Crippen LogP contribution in [0.25, 0.3) is 0 Å². The Bertz CT molecular complexity index is 399. The van der Waals surface area contributed by atoms with Gasteiger partial charge in [0.15, 0.2) is 0 Å². The minimum absolute atomic E-state index is 0.0767. The molecule has 0 spiro atoms. The Morgan fingerprint density at radius 3 is 2.61 bits per heavy atom. The van der Waals surface area contributed by atoms with Gasteiger partial charge < -0.3 is 5.73 Å². The minimum atomic E-state index is 0.0767. The third-order valence-corrected chi connectivity index (χ3v) is 5.13. The van der Waals surface area contributed by atoms with Crippen LogP contribution in [-0.2, 0) is 0 Å². The second-order valence-electron chi connectivity index (χ2n) is 5.38.